The molecule has 0 aromatic heterocycles. The lowest BCUT2D eigenvalue weighted by Crippen LogP contribution is -2.06. The molecule has 0 aliphatic heterocycles. The van der Waals surface area contributed by atoms with Crippen molar-refractivity contribution >= 4 is 39.0 Å². The molecule has 0 aromatic carbocycles. The highest BCUT2D eigenvalue weighted by Gasteiger charge is 2.25. The molecule has 10 heavy (non-hydrogen) atoms. The summed E-state index contributed by atoms with van der Waals surface area (Å²) < 4.78 is 34.1. The van der Waals surface area contributed by atoms with Gasteiger partial charge in [-0.3, -0.25) is 0 Å². The summed E-state index contributed by atoms with van der Waals surface area (Å²) in [5.74, 6) is 0. The molecule has 0 radical (unpaired) electrons. The van der Waals surface area contributed by atoms with E-state index >= 15 is 0 Å². The molecule has 0 fully saturated rings. The second kappa shape index (κ2) is 6.73. The minimum absolute atomic E-state index is 0. The van der Waals surface area contributed by atoms with Gasteiger partial charge in [0.15, 0.2) is 0 Å². The molecule has 0 rings (SSSR count). The Kier molecular flexibility index (Phi) is 9.16. The van der Waals surface area contributed by atoms with Crippen LogP contribution < -0.4 is 0 Å². The highest BCUT2D eigenvalue weighted by Crippen LogP contribution is 2.22. The molecule has 0 saturated heterocycles. The first-order valence-corrected chi connectivity index (χ1v) is 3.81. The van der Waals surface area contributed by atoms with Gasteiger partial charge in [-0.2, -0.15) is 13.2 Å². The second-order valence-electron chi connectivity index (χ2n) is 1.76. The van der Waals surface area contributed by atoms with Crippen LogP contribution in [0.2, 0.25) is 0 Å². The molecule has 0 aliphatic carbocycles. The fraction of sp³-hybridized carbons (Fsp3) is 1.00. The first-order chi connectivity index (χ1) is 4.06. The summed E-state index contributed by atoms with van der Waals surface area (Å²) in [6.07, 6.45) is -3.80. The van der Waals surface area contributed by atoms with Crippen LogP contribution >= 0.6 is 15.9 Å². The molecule has 0 saturated carbocycles. The van der Waals surface area contributed by atoms with Gasteiger partial charge in [0, 0.05) is 11.8 Å². The maximum Gasteiger partial charge on any atom is 0.389 e. The van der Waals surface area contributed by atoms with E-state index in [1.807, 2.05) is 0 Å². The Bertz CT molecular complexity index is 73.8. The van der Waals surface area contributed by atoms with Gasteiger partial charge in [0.25, 0.3) is 0 Å². The monoisotopic (exact) mass is 230 g/mol. The van der Waals surface area contributed by atoms with Crippen molar-refractivity contribution in [2.75, 3.05) is 5.33 Å². The average molecular weight is 231 g/mol. The van der Waals surface area contributed by atoms with Crippen LogP contribution in [0, 0.1) is 0 Å². The van der Waals surface area contributed by atoms with Crippen LogP contribution in [0.15, 0.2) is 0 Å². The molecule has 0 spiro atoms. The first-order valence-electron chi connectivity index (χ1n) is 2.69. The highest BCUT2D eigenvalue weighted by atomic mass is 79.9. The average Bonchev–Trinajstić information content (AvgIpc) is 1.63. The van der Waals surface area contributed by atoms with Gasteiger partial charge in [-0.25, -0.2) is 0 Å². The lowest BCUT2D eigenvalue weighted by atomic mass is 10.2. The molecular formula is C5H10BrF3Mg. The largest absolute Gasteiger partial charge is 0.389 e. The van der Waals surface area contributed by atoms with E-state index in [9.17, 15) is 13.2 Å². The third-order valence-electron chi connectivity index (χ3n) is 0.844. The van der Waals surface area contributed by atoms with Crippen molar-refractivity contribution in [1.29, 1.82) is 0 Å². The van der Waals surface area contributed by atoms with Crippen LogP contribution in [0.1, 0.15) is 19.3 Å². The van der Waals surface area contributed by atoms with E-state index in [0.717, 1.165) is 0 Å². The molecule has 0 amide bonds. The molecule has 0 atom stereocenters. The van der Waals surface area contributed by atoms with Crippen molar-refractivity contribution in [2.24, 2.45) is 0 Å². The molecule has 0 heterocycles. The number of hydrogen-bond donors (Lipinski definition) is 0. The zero-order valence-corrected chi connectivity index (χ0v) is 6.43. The van der Waals surface area contributed by atoms with Crippen molar-refractivity contribution in [2.45, 2.75) is 25.4 Å². The summed E-state index contributed by atoms with van der Waals surface area (Å²) in [6, 6.07) is 0. The van der Waals surface area contributed by atoms with E-state index in [2.05, 4.69) is 15.9 Å². The van der Waals surface area contributed by atoms with Crippen molar-refractivity contribution in [3.63, 3.8) is 0 Å². The Labute approximate surface area is 82.8 Å². The molecule has 0 nitrogen and oxygen atoms in total. The molecule has 5 heteroatoms. The van der Waals surface area contributed by atoms with E-state index in [0.29, 0.717) is 11.8 Å². The van der Waals surface area contributed by atoms with E-state index in [1.54, 1.807) is 0 Å². The Balaban J connectivity index is 0. The summed E-state index contributed by atoms with van der Waals surface area (Å²) in [6.45, 7) is 0. The van der Waals surface area contributed by atoms with Gasteiger partial charge in [-0.15, -0.1) is 0 Å². The number of alkyl halides is 4. The quantitative estimate of drug-likeness (QED) is 0.397. The Morgan fingerprint density at radius 3 is 1.90 bits per heavy atom. The van der Waals surface area contributed by atoms with Crippen LogP contribution in [0.5, 0.6) is 0 Å². The van der Waals surface area contributed by atoms with Crippen LogP contribution in [-0.2, 0) is 0 Å². The number of rotatable bonds is 3. The molecule has 0 aromatic rings. The third-order valence-corrected chi connectivity index (χ3v) is 1.40. The normalized spacial score (nSPS) is 10.8. The van der Waals surface area contributed by atoms with Gasteiger partial charge in [-0.05, 0) is 12.8 Å². The van der Waals surface area contributed by atoms with E-state index in [1.165, 1.54) is 0 Å². The SMILES string of the molecule is FC(F)(F)CCCCBr.[MgH2]. The Morgan fingerprint density at radius 2 is 1.60 bits per heavy atom. The molecular weight excluding hydrogens is 221 g/mol. The third kappa shape index (κ3) is 11.8. The Hall–Kier alpha value is 1.04. The zero-order valence-electron chi connectivity index (χ0n) is 4.84. The maximum atomic E-state index is 11.4. The predicted octanol–water partition coefficient (Wildman–Crippen LogP) is 2.20. The van der Waals surface area contributed by atoms with Crippen LogP contribution in [0.25, 0.3) is 0 Å². The van der Waals surface area contributed by atoms with Crippen LogP contribution in [0.4, 0.5) is 13.2 Å². The van der Waals surface area contributed by atoms with Crippen molar-refractivity contribution in [3.05, 3.63) is 0 Å². The van der Waals surface area contributed by atoms with Crippen molar-refractivity contribution in [3.8, 4) is 0 Å². The van der Waals surface area contributed by atoms with Gasteiger partial charge in [0.2, 0.25) is 0 Å². The lowest BCUT2D eigenvalue weighted by Gasteiger charge is -2.02. The van der Waals surface area contributed by atoms with E-state index < -0.39 is 12.6 Å². The van der Waals surface area contributed by atoms with Gasteiger partial charge in [-0.1, -0.05) is 15.9 Å². The summed E-state index contributed by atoms with van der Waals surface area (Å²) in [4.78, 5) is 0. The predicted molar refractivity (Wildman–Crippen MR) is 42.2 cm³/mol. The van der Waals surface area contributed by atoms with Crippen LogP contribution in [0.3, 0.4) is 0 Å². The topological polar surface area (TPSA) is 0 Å². The van der Waals surface area contributed by atoms with Gasteiger partial charge >= 0.3 is 29.2 Å². The van der Waals surface area contributed by atoms with Crippen molar-refractivity contribution < 1.29 is 13.2 Å². The fourth-order valence-corrected chi connectivity index (χ4v) is 0.816. The number of halogens is 4. The second-order valence-corrected chi connectivity index (χ2v) is 2.55. The zero-order chi connectivity index (χ0) is 7.33. The minimum atomic E-state index is -3.97. The van der Waals surface area contributed by atoms with Crippen molar-refractivity contribution in [1.82, 2.24) is 0 Å². The molecule has 60 valence electrons. The molecule has 0 unspecified atom stereocenters. The van der Waals surface area contributed by atoms with E-state index in [-0.39, 0.29) is 29.5 Å². The summed E-state index contributed by atoms with van der Waals surface area (Å²) in [7, 11) is 0. The van der Waals surface area contributed by atoms with Gasteiger partial charge in [0.1, 0.15) is 0 Å². The number of unbranched alkanes of at least 4 members (excludes halogenated alkanes) is 1. The fourth-order valence-electron chi connectivity index (χ4n) is 0.420. The molecule has 0 N–H and O–H groups in total. The summed E-state index contributed by atoms with van der Waals surface area (Å²) in [5, 5.41) is 0.656. The summed E-state index contributed by atoms with van der Waals surface area (Å²) in [5.41, 5.74) is 0. The standard InChI is InChI=1S/C5H8BrF3.Mg.2H/c6-4-2-1-3-5(7,8)9;;;/h1-4H2;;;. The Morgan fingerprint density at radius 1 is 1.10 bits per heavy atom. The first kappa shape index (κ1) is 13.6. The molecule has 0 bridgehead atoms. The van der Waals surface area contributed by atoms with E-state index in [4.69, 9.17) is 0 Å². The van der Waals surface area contributed by atoms with Gasteiger partial charge < -0.3 is 0 Å². The summed E-state index contributed by atoms with van der Waals surface area (Å²) >= 11 is 3.05. The molecule has 0 aliphatic rings. The highest BCUT2D eigenvalue weighted by molar-refractivity contribution is 9.09. The van der Waals surface area contributed by atoms with Gasteiger partial charge in [0.05, 0.1) is 0 Å². The maximum absolute atomic E-state index is 11.4. The smallest absolute Gasteiger partial charge is 0.171 e. The minimum Gasteiger partial charge on any atom is -0.171 e. The van der Waals surface area contributed by atoms with Crippen LogP contribution in [-0.4, -0.2) is 34.6 Å². The lowest BCUT2D eigenvalue weighted by molar-refractivity contribution is -0.135. The number of hydrogen-bond acceptors (Lipinski definition) is 0.